The molecule has 0 aliphatic carbocycles. The Labute approximate surface area is 79.0 Å². The third-order valence-corrected chi connectivity index (χ3v) is 0.744. The number of rotatable bonds is 2. The van der Waals surface area contributed by atoms with Crippen LogP contribution < -0.4 is 0 Å². The molecule has 0 aromatic heterocycles. The quantitative estimate of drug-likeness (QED) is 0.382. The van der Waals surface area contributed by atoms with E-state index in [0.717, 1.165) is 0 Å². The Hall–Kier alpha value is -0.138. The van der Waals surface area contributed by atoms with Gasteiger partial charge in [-0.3, -0.25) is 9.59 Å². The molecule has 0 aromatic rings. The maximum Gasteiger partial charge on any atom is 0.316 e. The summed E-state index contributed by atoms with van der Waals surface area (Å²) in [6.07, 6.45) is -0.312. The molecular formula is C5H8O4Tl. The van der Waals surface area contributed by atoms with Crippen molar-refractivity contribution in [3.8, 4) is 0 Å². The SMILES string of the molecule is COC(=O)CC(=O)OC.[Tl]. The van der Waals surface area contributed by atoms with Crippen molar-refractivity contribution in [1.29, 1.82) is 0 Å². The van der Waals surface area contributed by atoms with E-state index in [2.05, 4.69) is 9.47 Å². The standard InChI is InChI=1S/C5H8O4.Tl/c1-8-4(6)3-5(7)9-2;/h3H2,1-2H3;. The molecule has 0 bridgehead atoms. The van der Waals surface area contributed by atoms with Gasteiger partial charge in [-0.25, -0.2) is 0 Å². The number of methoxy groups -OCH3 is 2. The smallest absolute Gasteiger partial charge is 0.316 e. The second-order valence-corrected chi connectivity index (χ2v) is 1.33. The summed E-state index contributed by atoms with van der Waals surface area (Å²) in [4.78, 5) is 20.5. The topological polar surface area (TPSA) is 52.6 Å². The van der Waals surface area contributed by atoms with Gasteiger partial charge in [0.2, 0.25) is 0 Å². The first-order valence-corrected chi connectivity index (χ1v) is 2.34. The third-order valence-electron chi connectivity index (χ3n) is 0.744. The Kier molecular flexibility index (Phi) is 8.74. The largest absolute Gasteiger partial charge is 0.469 e. The number of carbonyl (C=O) groups excluding carboxylic acids is 2. The van der Waals surface area contributed by atoms with Crippen LogP contribution in [0.25, 0.3) is 0 Å². The fraction of sp³-hybridized carbons (Fsp3) is 0.600. The average molecular weight is 336 g/mol. The van der Waals surface area contributed by atoms with Gasteiger partial charge in [-0.2, -0.15) is 0 Å². The maximum absolute atomic E-state index is 10.3. The van der Waals surface area contributed by atoms with Gasteiger partial charge in [0.15, 0.2) is 0 Å². The van der Waals surface area contributed by atoms with Gasteiger partial charge in [-0.1, -0.05) is 0 Å². The van der Waals surface area contributed by atoms with Gasteiger partial charge in [0.05, 0.1) is 14.2 Å². The minimum Gasteiger partial charge on any atom is -0.469 e. The first-order chi connectivity index (χ1) is 4.20. The van der Waals surface area contributed by atoms with Crippen LogP contribution in [-0.2, 0) is 19.1 Å². The van der Waals surface area contributed by atoms with E-state index < -0.39 is 11.9 Å². The molecule has 0 rings (SSSR count). The van der Waals surface area contributed by atoms with Gasteiger partial charge in [0.1, 0.15) is 6.42 Å². The van der Waals surface area contributed by atoms with E-state index in [1.54, 1.807) is 0 Å². The molecule has 55 valence electrons. The minimum absolute atomic E-state index is 0. The van der Waals surface area contributed by atoms with E-state index in [1.165, 1.54) is 14.2 Å². The molecule has 0 N–H and O–H groups in total. The Morgan fingerprint density at radius 2 is 1.40 bits per heavy atom. The van der Waals surface area contributed by atoms with Crippen LogP contribution in [-0.4, -0.2) is 53.5 Å². The molecule has 1 radical (unpaired) electrons. The third kappa shape index (κ3) is 5.99. The van der Waals surface area contributed by atoms with Crippen molar-refractivity contribution in [1.82, 2.24) is 0 Å². The van der Waals surface area contributed by atoms with E-state index in [0.29, 0.717) is 0 Å². The van der Waals surface area contributed by atoms with Gasteiger partial charge in [-0.15, -0.1) is 0 Å². The van der Waals surface area contributed by atoms with Gasteiger partial charge in [0, 0.05) is 27.3 Å². The Balaban J connectivity index is 0. The summed E-state index contributed by atoms with van der Waals surface area (Å²) < 4.78 is 8.37. The van der Waals surface area contributed by atoms with Crippen molar-refractivity contribution in [2.24, 2.45) is 0 Å². The van der Waals surface area contributed by atoms with Crippen LogP contribution in [0, 0.1) is 0 Å². The molecule has 0 amide bonds. The van der Waals surface area contributed by atoms with E-state index in [1.807, 2.05) is 0 Å². The zero-order chi connectivity index (χ0) is 7.28. The van der Waals surface area contributed by atoms with Gasteiger partial charge in [-0.05, 0) is 0 Å². The minimum atomic E-state index is -0.582. The number of hydrogen-bond donors (Lipinski definition) is 0. The Morgan fingerprint density at radius 1 is 1.10 bits per heavy atom. The van der Waals surface area contributed by atoms with Crippen molar-refractivity contribution < 1.29 is 19.1 Å². The summed E-state index contributed by atoms with van der Waals surface area (Å²) in [6, 6.07) is 0. The number of carbonyl (C=O) groups is 2. The predicted molar refractivity (Wildman–Crippen MR) is 34.4 cm³/mol. The Morgan fingerprint density at radius 3 is 1.60 bits per heavy atom. The number of hydrogen-bond acceptors (Lipinski definition) is 4. The van der Waals surface area contributed by atoms with Crippen LogP contribution >= 0.6 is 0 Å². The number of ether oxygens (including phenoxy) is 2. The Bertz CT molecular complexity index is 109. The summed E-state index contributed by atoms with van der Waals surface area (Å²) >= 11 is 0. The molecule has 0 heterocycles. The predicted octanol–water partition coefficient (Wildman–Crippen LogP) is -0.658. The molecule has 0 spiro atoms. The molecule has 0 aliphatic rings. The van der Waals surface area contributed by atoms with Crippen LogP contribution in [0.2, 0.25) is 0 Å². The summed E-state index contributed by atoms with van der Waals surface area (Å²) in [5.41, 5.74) is 0. The summed E-state index contributed by atoms with van der Waals surface area (Å²) in [6.45, 7) is 0. The van der Waals surface area contributed by atoms with E-state index in [4.69, 9.17) is 0 Å². The molecule has 0 aliphatic heterocycles. The normalized spacial score (nSPS) is 7.40. The van der Waals surface area contributed by atoms with Crippen molar-refractivity contribution in [2.75, 3.05) is 14.2 Å². The van der Waals surface area contributed by atoms with Crippen LogP contribution in [0.3, 0.4) is 0 Å². The first kappa shape index (κ1) is 12.5. The number of esters is 2. The second-order valence-electron chi connectivity index (χ2n) is 1.33. The molecule has 5 heteroatoms. The van der Waals surface area contributed by atoms with E-state index in [9.17, 15) is 9.59 Å². The fourth-order valence-electron chi connectivity index (χ4n) is 0.262. The van der Waals surface area contributed by atoms with Gasteiger partial charge in [0.25, 0.3) is 0 Å². The molecule has 10 heavy (non-hydrogen) atoms. The van der Waals surface area contributed by atoms with Crippen molar-refractivity contribution in [3.63, 3.8) is 0 Å². The molecule has 0 saturated carbocycles. The van der Waals surface area contributed by atoms with Crippen molar-refractivity contribution in [2.45, 2.75) is 6.42 Å². The first-order valence-electron chi connectivity index (χ1n) is 2.34. The van der Waals surface area contributed by atoms with Gasteiger partial charge >= 0.3 is 11.9 Å². The van der Waals surface area contributed by atoms with Crippen molar-refractivity contribution >= 4 is 39.2 Å². The van der Waals surface area contributed by atoms with Crippen LogP contribution in [0.5, 0.6) is 0 Å². The van der Waals surface area contributed by atoms with Crippen LogP contribution in [0.1, 0.15) is 6.42 Å². The zero-order valence-corrected chi connectivity index (χ0v) is 10.4. The average Bonchev–Trinajstić information content (AvgIpc) is 1.87. The molecule has 0 saturated heterocycles. The van der Waals surface area contributed by atoms with Crippen LogP contribution in [0.4, 0.5) is 0 Å². The van der Waals surface area contributed by atoms with Crippen molar-refractivity contribution in [3.05, 3.63) is 0 Å². The van der Waals surface area contributed by atoms with Gasteiger partial charge < -0.3 is 9.47 Å². The molecule has 0 aromatic carbocycles. The molecular weight excluding hydrogens is 328 g/mol. The molecule has 0 unspecified atom stereocenters. The van der Waals surface area contributed by atoms with E-state index >= 15 is 0 Å². The maximum atomic E-state index is 10.3. The molecule has 4 nitrogen and oxygen atoms in total. The molecule has 0 fully saturated rings. The zero-order valence-electron chi connectivity index (χ0n) is 5.92. The fourth-order valence-corrected chi connectivity index (χ4v) is 0.262. The van der Waals surface area contributed by atoms with E-state index in [-0.39, 0.29) is 33.7 Å². The van der Waals surface area contributed by atoms with Crippen LogP contribution in [0.15, 0.2) is 0 Å². The summed E-state index contributed by atoms with van der Waals surface area (Å²) in [5.74, 6) is -1.16. The summed E-state index contributed by atoms with van der Waals surface area (Å²) in [7, 11) is 2.43. The second kappa shape index (κ2) is 6.97. The molecule has 0 atom stereocenters. The summed E-state index contributed by atoms with van der Waals surface area (Å²) in [5, 5.41) is 0. The monoisotopic (exact) mass is 337 g/mol.